The highest BCUT2D eigenvalue weighted by Gasteiger charge is 2.52. The van der Waals surface area contributed by atoms with Gasteiger partial charge in [-0.25, -0.2) is 9.59 Å². The number of unbranched alkanes of at least 4 members (excludes halogenated alkanes) is 1. The van der Waals surface area contributed by atoms with Crippen LogP contribution in [0.4, 0.5) is 5.69 Å². The molecule has 1 heterocycles. The molecular weight excluding hydrogens is 478 g/mol. The summed E-state index contributed by atoms with van der Waals surface area (Å²) in [5.41, 5.74) is 0.517. The molecule has 0 saturated heterocycles. The van der Waals surface area contributed by atoms with Crippen molar-refractivity contribution in [3.05, 3.63) is 81.9 Å². The molecule has 32 heavy (non-hydrogen) atoms. The van der Waals surface area contributed by atoms with E-state index in [0.717, 1.165) is 12.0 Å². The number of cyclic esters (lactones) is 1. The highest BCUT2D eigenvalue weighted by molar-refractivity contribution is 9.09. The summed E-state index contributed by atoms with van der Waals surface area (Å²) >= 11 is 3.61. The fourth-order valence-corrected chi connectivity index (χ4v) is 4.35. The second-order valence-corrected chi connectivity index (χ2v) is 8.71. The third-order valence-corrected chi connectivity index (χ3v) is 6.38. The lowest BCUT2D eigenvalue weighted by molar-refractivity contribution is -0.384. The number of carbonyl (C=O) groups excluding carboxylic acids is 2. The molecule has 2 aromatic carbocycles. The van der Waals surface area contributed by atoms with E-state index < -0.39 is 27.3 Å². The van der Waals surface area contributed by atoms with E-state index in [-0.39, 0.29) is 18.7 Å². The number of hydrogen-bond acceptors (Lipinski definition) is 6. The maximum atomic E-state index is 13.2. The molecule has 0 unspecified atom stereocenters. The topological polar surface area (TPSA) is 95.7 Å². The number of hydrogen-bond donors (Lipinski definition) is 0. The minimum absolute atomic E-state index is 0.0552. The lowest BCUT2D eigenvalue weighted by Gasteiger charge is -2.38. The van der Waals surface area contributed by atoms with E-state index in [1.54, 1.807) is 12.1 Å². The van der Waals surface area contributed by atoms with Crippen LogP contribution < -0.4 is 0 Å². The van der Waals surface area contributed by atoms with E-state index in [2.05, 4.69) is 15.9 Å². The average Bonchev–Trinajstić information content (AvgIpc) is 2.79. The Labute approximate surface area is 194 Å². The van der Waals surface area contributed by atoms with Crippen LogP contribution in [-0.4, -0.2) is 33.9 Å². The Morgan fingerprint density at radius 3 is 2.53 bits per heavy atom. The summed E-state index contributed by atoms with van der Waals surface area (Å²) in [4.78, 5) is 35.8. The first-order valence-corrected chi connectivity index (χ1v) is 11.3. The second-order valence-electron chi connectivity index (χ2n) is 7.61. The smallest absolute Gasteiger partial charge is 0.352 e. The molecule has 0 aliphatic carbocycles. The van der Waals surface area contributed by atoms with Crippen molar-refractivity contribution >= 4 is 39.1 Å². The fraction of sp³-hybridized carbons (Fsp3) is 0.333. The first-order chi connectivity index (χ1) is 15.4. The van der Waals surface area contributed by atoms with E-state index in [0.29, 0.717) is 24.0 Å². The quantitative estimate of drug-likeness (QED) is 0.157. The van der Waals surface area contributed by atoms with Crippen LogP contribution in [0.3, 0.4) is 0 Å². The van der Waals surface area contributed by atoms with Crippen LogP contribution >= 0.6 is 15.9 Å². The van der Waals surface area contributed by atoms with Gasteiger partial charge in [0.2, 0.25) is 5.60 Å². The van der Waals surface area contributed by atoms with E-state index >= 15 is 0 Å². The molecule has 0 spiro atoms. The lowest BCUT2D eigenvalue weighted by Crippen LogP contribution is -2.54. The zero-order chi connectivity index (χ0) is 23.1. The predicted octanol–water partition coefficient (Wildman–Crippen LogP) is 5.01. The molecule has 0 amide bonds. The molecule has 0 radical (unpaired) electrons. The molecule has 7 nitrogen and oxygen atoms in total. The number of benzene rings is 2. The summed E-state index contributed by atoms with van der Waals surface area (Å²) < 4.78 is 11.2. The molecule has 8 heteroatoms. The predicted molar refractivity (Wildman–Crippen MR) is 123 cm³/mol. The van der Waals surface area contributed by atoms with Gasteiger partial charge in [0, 0.05) is 24.6 Å². The van der Waals surface area contributed by atoms with Gasteiger partial charge in [-0.05, 0) is 41.7 Å². The SMILES string of the molecule is CCCCOC(=O)[C@]1([C@@H](Br)Cc2ccccc2)CC(c2ccc([N+](=O)[O-])cc2)=CC(=O)O1. The molecule has 1 aliphatic rings. The van der Waals surface area contributed by atoms with Gasteiger partial charge in [-0.2, -0.15) is 0 Å². The number of ether oxygens (including phenoxy) is 2. The van der Waals surface area contributed by atoms with Crippen LogP contribution in [0.1, 0.15) is 37.3 Å². The first-order valence-electron chi connectivity index (χ1n) is 10.4. The molecule has 168 valence electrons. The van der Waals surface area contributed by atoms with Gasteiger partial charge in [0.25, 0.3) is 5.69 Å². The van der Waals surface area contributed by atoms with Crippen LogP contribution in [0.25, 0.3) is 5.57 Å². The zero-order valence-electron chi connectivity index (χ0n) is 17.7. The van der Waals surface area contributed by atoms with Crippen molar-refractivity contribution < 1.29 is 24.0 Å². The molecule has 0 saturated carbocycles. The largest absolute Gasteiger partial charge is 0.463 e. The monoisotopic (exact) mass is 501 g/mol. The third-order valence-electron chi connectivity index (χ3n) is 5.32. The number of carbonyl (C=O) groups is 2. The summed E-state index contributed by atoms with van der Waals surface area (Å²) in [6.45, 7) is 2.22. The van der Waals surface area contributed by atoms with E-state index in [9.17, 15) is 19.7 Å². The molecule has 2 atom stereocenters. The Morgan fingerprint density at radius 2 is 1.91 bits per heavy atom. The molecular formula is C24H24BrNO6. The van der Waals surface area contributed by atoms with Gasteiger partial charge in [-0.15, -0.1) is 0 Å². The van der Waals surface area contributed by atoms with Crippen LogP contribution in [0.2, 0.25) is 0 Å². The average molecular weight is 502 g/mol. The Kier molecular flexibility index (Phi) is 7.80. The number of alkyl halides is 1. The van der Waals surface area contributed by atoms with Crippen LogP contribution in [0, 0.1) is 10.1 Å². The van der Waals surface area contributed by atoms with Crippen molar-refractivity contribution in [1.29, 1.82) is 0 Å². The van der Waals surface area contributed by atoms with Crippen molar-refractivity contribution in [1.82, 2.24) is 0 Å². The minimum Gasteiger partial charge on any atom is -0.463 e. The van der Waals surface area contributed by atoms with Gasteiger partial charge in [-0.1, -0.05) is 59.6 Å². The van der Waals surface area contributed by atoms with E-state index in [1.807, 2.05) is 37.3 Å². The number of nitrogens with zero attached hydrogens (tertiary/aromatic N) is 1. The van der Waals surface area contributed by atoms with Crippen LogP contribution in [0.15, 0.2) is 60.7 Å². The highest BCUT2D eigenvalue weighted by Crippen LogP contribution is 2.40. The fourth-order valence-electron chi connectivity index (χ4n) is 3.54. The standard InChI is InChI=1S/C24H24BrNO6/c1-2-3-13-31-23(28)24(21(25)14-17-7-5-4-6-8-17)16-19(15-22(27)32-24)18-9-11-20(12-10-18)26(29)30/h4-12,15,21H,2-3,13-14,16H2,1H3/t21-,24+/m0/s1. The summed E-state index contributed by atoms with van der Waals surface area (Å²) in [6, 6.07) is 15.4. The van der Waals surface area contributed by atoms with E-state index in [1.165, 1.54) is 18.2 Å². The van der Waals surface area contributed by atoms with Gasteiger partial charge < -0.3 is 9.47 Å². The molecule has 0 aromatic heterocycles. The number of nitro benzene ring substituents is 1. The van der Waals surface area contributed by atoms with E-state index in [4.69, 9.17) is 9.47 Å². The van der Waals surface area contributed by atoms with Gasteiger partial charge in [0.1, 0.15) is 0 Å². The summed E-state index contributed by atoms with van der Waals surface area (Å²) in [6.07, 6.45) is 3.40. The number of nitro groups is 1. The van der Waals surface area contributed by atoms with Gasteiger partial charge in [0.05, 0.1) is 16.4 Å². The molecule has 2 aromatic rings. The van der Waals surface area contributed by atoms with Crippen molar-refractivity contribution in [3.8, 4) is 0 Å². The minimum atomic E-state index is -1.56. The molecule has 0 fully saturated rings. The van der Waals surface area contributed by atoms with Gasteiger partial charge in [-0.3, -0.25) is 10.1 Å². The molecule has 3 rings (SSSR count). The number of halogens is 1. The van der Waals surface area contributed by atoms with Crippen LogP contribution in [0.5, 0.6) is 0 Å². The Bertz CT molecular complexity index is 1000. The Hall–Kier alpha value is -3.00. The van der Waals surface area contributed by atoms with Gasteiger partial charge in [0.15, 0.2) is 0 Å². The highest BCUT2D eigenvalue weighted by atomic mass is 79.9. The summed E-state index contributed by atoms with van der Waals surface area (Å²) in [5, 5.41) is 11.0. The Balaban J connectivity index is 1.94. The number of esters is 2. The summed E-state index contributed by atoms with van der Waals surface area (Å²) in [5.74, 6) is -1.26. The maximum Gasteiger partial charge on any atom is 0.352 e. The Morgan fingerprint density at radius 1 is 1.22 bits per heavy atom. The number of non-ortho nitro benzene ring substituents is 1. The number of rotatable bonds is 9. The normalized spacial score (nSPS) is 18.9. The van der Waals surface area contributed by atoms with Crippen molar-refractivity contribution in [2.45, 2.75) is 43.0 Å². The van der Waals surface area contributed by atoms with Crippen LogP contribution in [-0.2, 0) is 25.5 Å². The van der Waals surface area contributed by atoms with Crippen molar-refractivity contribution in [2.75, 3.05) is 6.61 Å². The summed E-state index contributed by atoms with van der Waals surface area (Å²) in [7, 11) is 0. The van der Waals surface area contributed by atoms with Gasteiger partial charge >= 0.3 is 11.9 Å². The third kappa shape index (κ3) is 5.43. The molecule has 0 bridgehead atoms. The first kappa shape index (κ1) is 23.7. The second kappa shape index (κ2) is 10.5. The zero-order valence-corrected chi connectivity index (χ0v) is 19.2. The molecule has 0 N–H and O–H groups in total. The molecule has 1 aliphatic heterocycles. The van der Waals surface area contributed by atoms with Crippen molar-refractivity contribution in [3.63, 3.8) is 0 Å². The maximum absolute atomic E-state index is 13.2. The van der Waals surface area contributed by atoms with Crippen molar-refractivity contribution in [2.24, 2.45) is 0 Å². The lowest BCUT2D eigenvalue weighted by atomic mass is 9.83.